The molecule has 0 saturated heterocycles. The van der Waals surface area contributed by atoms with Crippen LogP contribution >= 0.6 is 0 Å². The normalized spacial score (nSPS) is 10.2. The van der Waals surface area contributed by atoms with Gasteiger partial charge < -0.3 is 0 Å². The van der Waals surface area contributed by atoms with Gasteiger partial charge in [-0.1, -0.05) is 0 Å². The summed E-state index contributed by atoms with van der Waals surface area (Å²) in [5, 5.41) is 0. The molecule has 0 atom stereocenters. The molecule has 85 valence electrons. The Bertz CT molecular complexity index is 474. The van der Waals surface area contributed by atoms with Gasteiger partial charge in [0, 0.05) is 0 Å². The standard InChI is InChI=1S/C10H13.C6H5.Sn/c1-3-9-7-5-6-8-10(9)4-2;1-2-4-6-5-3-1;/h5-7H,3-4H2,1-2H3;1-5H;/q;;+1. The summed E-state index contributed by atoms with van der Waals surface area (Å²) >= 11 is -0.609. The van der Waals surface area contributed by atoms with Crippen molar-refractivity contribution in [1.82, 2.24) is 0 Å². The fourth-order valence-corrected chi connectivity index (χ4v) is 6.00. The topological polar surface area (TPSA) is 0 Å². The zero-order valence-electron chi connectivity index (χ0n) is 10.5. The summed E-state index contributed by atoms with van der Waals surface area (Å²) in [7, 11) is 0. The molecule has 0 N–H and O–H groups in total. The molecule has 0 aliphatic rings. The number of benzene rings is 2. The minimum absolute atomic E-state index is 0.609. The molecule has 2 rings (SSSR count). The molecule has 0 nitrogen and oxygen atoms in total. The van der Waals surface area contributed by atoms with Crippen molar-refractivity contribution >= 4 is 28.3 Å². The van der Waals surface area contributed by atoms with Crippen molar-refractivity contribution in [2.45, 2.75) is 26.7 Å². The molecule has 0 amide bonds. The summed E-state index contributed by atoms with van der Waals surface area (Å²) in [5.41, 5.74) is 3.16. The predicted molar refractivity (Wildman–Crippen MR) is 76.7 cm³/mol. The van der Waals surface area contributed by atoms with Gasteiger partial charge in [0.2, 0.25) is 0 Å². The SMILES string of the molecule is CCc1ccc[c]([Sn+][c]2ccccc2)c1CC. The van der Waals surface area contributed by atoms with Crippen molar-refractivity contribution in [1.29, 1.82) is 0 Å². The van der Waals surface area contributed by atoms with Crippen LogP contribution in [0.5, 0.6) is 0 Å². The van der Waals surface area contributed by atoms with Crippen LogP contribution in [0.4, 0.5) is 0 Å². The van der Waals surface area contributed by atoms with E-state index in [4.69, 9.17) is 0 Å². The Labute approximate surface area is 114 Å². The fraction of sp³-hybridized carbons (Fsp3) is 0.250. The molecular formula is C16H18Sn+. The van der Waals surface area contributed by atoms with Crippen molar-refractivity contribution in [2.24, 2.45) is 0 Å². The molecule has 2 aromatic rings. The summed E-state index contributed by atoms with van der Waals surface area (Å²) < 4.78 is 3.22. The van der Waals surface area contributed by atoms with Gasteiger partial charge in [0.25, 0.3) is 0 Å². The predicted octanol–water partition coefficient (Wildman–Crippen LogP) is 2.47. The van der Waals surface area contributed by atoms with Crippen LogP contribution in [0.15, 0.2) is 48.5 Å². The van der Waals surface area contributed by atoms with Gasteiger partial charge in [-0.2, -0.15) is 0 Å². The summed E-state index contributed by atoms with van der Waals surface area (Å²) in [6.07, 6.45) is 2.33. The zero-order chi connectivity index (χ0) is 12.1. The number of hydrogen-bond acceptors (Lipinski definition) is 0. The molecule has 0 unspecified atom stereocenters. The molecule has 0 spiro atoms. The second-order valence-corrected chi connectivity index (χ2v) is 8.04. The van der Waals surface area contributed by atoms with Gasteiger partial charge in [-0.05, 0) is 0 Å². The first-order valence-corrected chi connectivity index (χ1v) is 9.13. The van der Waals surface area contributed by atoms with Gasteiger partial charge >= 0.3 is 115 Å². The van der Waals surface area contributed by atoms with Crippen LogP contribution < -0.4 is 7.16 Å². The first kappa shape index (κ1) is 12.7. The van der Waals surface area contributed by atoms with Crippen molar-refractivity contribution < 1.29 is 0 Å². The van der Waals surface area contributed by atoms with Crippen LogP contribution in [0.1, 0.15) is 25.0 Å². The minimum atomic E-state index is -0.609. The molecule has 2 aromatic carbocycles. The van der Waals surface area contributed by atoms with Gasteiger partial charge in [-0.15, -0.1) is 0 Å². The van der Waals surface area contributed by atoms with E-state index in [2.05, 4.69) is 62.4 Å². The van der Waals surface area contributed by atoms with Crippen molar-refractivity contribution in [3.05, 3.63) is 59.7 Å². The van der Waals surface area contributed by atoms with E-state index >= 15 is 0 Å². The van der Waals surface area contributed by atoms with Gasteiger partial charge in [-0.3, -0.25) is 0 Å². The van der Waals surface area contributed by atoms with Crippen molar-refractivity contribution in [3.8, 4) is 0 Å². The fourth-order valence-electron chi connectivity index (χ4n) is 2.18. The molecule has 0 fully saturated rings. The molecule has 0 saturated carbocycles. The van der Waals surface area contributed by atoms with Crippen molar-refractivity contribution in [3.63, 3.8) is 0 Å². The van der Waals surface area contributed by atoms with E-state index in [1.165, 1.54) is 6.42 Å². The van der Waals surface area contributed by atoms with Crippen LogP contribution in [-0.2, 0) is 12.8 Å². The number of aryl methyl sites for hydroxylation is 1. The first-order chi connectivity index (χ1) is 8.35. The third-order valence-corrected chi connectivity index (χ3v) is 6.94. The van der Waals surface area contributed by atoms with E-state index in [1.54, 1.807) is 18.3 Å². The van der Waals surface area contributed by atoms with Crippen LogP contribution in [0.2, 0.25) is 0 Å². The Kier molecular flexibility index (Phi) is 4.66. The third kappa shape index (κ3) is 3.12. The van der Waals surface area contributed by atoms with Gasteiger partial charge in [0.15, 0.2) is 0 Å². The maximum absolute atomic E-state index is 2.34. The van der Waals surface area contributed by atoms with Gasteiger partial charge in [0.05, 0.1) is 0 Å². The second-order valence-electron chi connectivity index (χ2n) is 4.14. The van der Waals surface area contributed by atoms with Gasteiger partial charge in [0.1, 0.15) is 0 Å². The van der Waals surface area contributed by atoms with E-state index in [1.807, 2.05) is 0 Å². The van der Waals surface area contributed by atoms with E-state index in [9.17, 15) is 0 Å². The Balaban J connectivity index is 2.33. The number of hydrogen-bond donors (Lipinski definition) is 0. The molecule has 0 heterocycles. The first-order valence-electron chi connectivity index (χ1n) is 6.28. The summed E-state index contributed by atoms with van der Waals surface area (Å²) in [6.45, 7) is 4.54. The third-order valence-electron chi connectivity index (χ3n) is 3.06. The van der Waals surface area contributed by atoms with Gasteiger partial charge in [-0.25, -0.2) is 0 Å². The average molecular weight is 329 g/mol. The van der Waals surface area contributed by atoms with E-state index in [0.717, 1.165) is 6.42 Å². The van der Waals surface area contributed by atoms with E-state index in [0.29, 0.717) is 0 Å². The zero-order valence-corrected chi connectivity index (χ0v) is 13.4. The van der Waals surface area contributed by atoms with E-state index in [-0.39, 0.29) is 0 Å². The number of rotatable bonds is 4. The van der Waals surface area contributed by atoms with E-state index < -0.39 is 21.1 Å². The quantitative estimate of drug-likeness (QED) is 0.756. The Morgan fingerprint density at radius 3 is 2.24 bits per heavy atom. The van der Waals surface area contributed by atoms with Crippen LogP contribution in [0, 0.1) is 0 Å². The Hall–Kier alpha value is -0.761. The summed E-state index contributed by atoms with van der Waals surface area (Å²) in [6, 6.07) is 17.8. The molecule has 0 aliphatic heterocycles. The molecule has 0 bridgehead atoms. The maximum atomic E-state index is 2.34. The molecule has 1 radical (unpaired) electrons. The monoisotopic (exact) mass is 330 g/mol. The molecule has 0 aliphatic carbocycles. The van der Waals surface area contributed by atoms with Crippen LogP contribution in [0.25, 0.3) is 0 Å². The molecule has 17 heavy (non-hydrogen) atoms. The van der Waals surface area contributed by atoms with Crippen LogP contribution in [-0.4, -0.2) is 21.1 Å². The van der Waals surface area contributed by atoms with Crippen molar-refractivity contribution in [2.75, 3.05) is 0 Å². The second kappa shape index (κ2) is 6.25. The molecule has 1 heteroatoms. The molecular weight excluding hydrogens is 311 g/mol. The Morgan fingerprint density at radius 1 is 0.824 bits per heavy atom. The summed E-state index contributed by atoms with van der Waals surface area (Å²) in [4.78, 5) is 0. The molecule has 0 aromatic heterocycles. The summed E-state index contributed by atoms with van der Waals surface area (Å²) in [5.74, 6) is 0. The van der Waals surface area contributed by atoms with Crippen LogP contribution in [0.3, 0.4) is 0 Å². The average Bonchev–Trinajstić information content (AvgIpc) is 2.39. The Morgan fingerprint density at radius 2 is 1.59 bits per heavy atom.